The first-order chi connectivity index (χ1) is 4.46. The molecule has 0 saturated heterocycles. The Hall–Kier alpha value is 2.30. The van der Waals surface area contributed by atoms with Crippen molar-refractivity contribution in [2.24, 2.45) is 0 Å². The molecule has 2 atom stereocenters. The third-order valence-corrected chi connectivity index (χ3v) is 0.782. The van der Waals surface area contributed by atoms with E-state index in [0.29, 0.717) is 0 Å². The normalized spacial score (nSPS) is 8.78. The Labute approximate surface area is 188 Å². The van der Waals surface area contributed by atoms with E-state index in [1.807, 2.05) is 0 Å². The number of carbonyl (C=O) groups is 2. The Morgan fingerprint density at radius 1 is 0.778 bits per heavy atom. The zero-order valence-electron chi connectivity index (χ0n) is 10.1. The number of hydrogen-bond acceptors (Lipinski definition) is 7. The summed E-state index contributed by atoms with van der Waals surface area (Å²) in [6, 6.07) is 0. The Bertz CT molecular complexity index is 151. The predicted octanol–water partition coefficient (Wildman–Crippen LogP) is -17.3. The van der Waals surface area contributed by atoms with Gasteiger partial charge in [-0.2, -0.15) is 0 Å². The molecule has 0 amide bonds. The van der Waals surface area contributed by atoms with Gasteiger partial charge in [-0.25, -0.2) is 0 Å². The van der Waals surface area contributed by atoms with Gasteiger partial charge >= 0.3 is 110 Å². The summed E-state index contributed by atoms with van der Waals surface area (Å²) in [5, 5.41) is 35.7. The molecule has 0 radical (unpaired) electrons. The van der Waals surface area contributed by atoms with E-state index in [9.17, 15) is 19.8 Å². The van der Waals surface area contributed by atoms with E-state index in [2.05, 4.69) is 0 Å². The van der Waals surface area contributed by atoms with E-state index in [4.69, 9.17) is 10.2 Å². The average Bonchev–Trinajstić information content (AvgIpc) is 1.84. The van der Waals surface area contributed by atoms with Crippen LogP contribution in [0.4, 0.5) is 0 Å². The summed E-state index contributed by atoms with van der Waals surface area (Å²) < 4.78 is 0. The van der Waals surface area contributed by atoms with Crippen LogP contribution in [-0.2, 0) is 9.59 Å². The molecule has 11 N–H and O–H groups in total. The molecule has 0 aliphatic heterocycles. The van der Waals surface area contributed by atoms with E-state index < -0.39 is 24.1 Å². The zero-order valence-corrected chi connectivity index (χ0v) is 17.3. The fraction of sp³-hybridized carbons (Fsp3) is 0.500. The molecule has 18 heavy (non-hydrogen) atoms. The van der Waals surface area contributed by atoms with Crippen LogP contribution in [0.5, 0.6) is 0 Å². The molecule has 0 saturated carbocycles. The summed E-state index contributed by atoms with van der Waals surface area (Å²) in [6.07, 6.45) is -4.88. The van der Waals surface area contributed by atoms with Gasteiger partial charge in [0.25, 0.3) is 0 Å². The van der Waals surface area contributed by atoms with Gasteiger partial charge in [0.15, 0.2) is 0 Å². The van der Waals surface area contributed by atoms with Gasteiger partial charge in [-0.1, -0.05) is 0 Å². The fourth-order valence-electron chi connectivity index (χ4n) is 0.258. The average molecular weight is 322 g/mol. The standard InChI is InChI=1S/C4H6O6.K.2Na.5H2O/c5-1(3(7)8)2(6)4(9)10;;;;;;;;/h1-2,5-6H,(H,7,8)(H,9,10);;;;5*1H2/q;3*+1;;;;;/p-3. The van der Waals surface area contributed by atoms with Crippen molar-refractivity contribution in [1.82, 2.24) is 0 Å². The summed E-state index contributed by atoms with van der Waals surface area (Å²) >= 11 is 0. The second kappa shape index (κ2) is 31.6. The first-order valence-corrected chi connectivity index (χ1v) is 2.24. The molecule has 0 heterocycles. The van der Waals surface area contributed by atoms with Gasteiger partial charge in [-0.15, -0.1) is 0 Å². The second-order valence-corrected chi connectivity index (χ2v) is 1.53. The van der Waals surface area contributed by atoms with Crippen molar-refractivity contribution in [3.63, 3.8) is 0 Å². The molecule has 0 aromatic heterocycles. The number of aliphatic hydroxyl groups excluding tert-OH is 2. The smallest absolute Gasteiger partial charge is 0.870 e. The van der Waals surface area contributed by atoms with Crippen LogP contribution < -0.4 is 121 Å². The molecule has 11 nitrogen and oxygen atoms in total. The van der Waals surface area contributed by atoms with Gasteiger partial charge in [0.2, 0.25) is 0 Å². The second-order valence-electron chi connectivity index (χ2n) is 1.53. The summed E-state index contributed by atoms with van der Waals surface area (Å²) in [4.78, 5) is 19.3. The largest absolute Gasteiger partial charge is 1.00 e. The Morgan fingerprint density at radius 3 is 0.944 bits per heavy atom. The maximum Gasteiger partial charge on any atom is 1.00 e. The van der Waals surface area contributed by atoms with Crippen LogP contribution in [0.2, 0.25) is 0 Å². The zero-order chi connectivity index (χ0) is 8.31. The molecule has 0 spiro atoms. The maximum atomic E-state index is 9.63. The number of carbonyl (C=O) groups excluding carboxylic acids is 2. The number of hydrogen-bond donors (Lipinski definition) is 2. The van der Waals surface area contributed by atoms with E-state index in [-0.39, 0.29) is 138 Å². The van der Waals surface area contributed by atoms with Crippen LogP contribution in [0.3, 0.4) is 0 Å². The molecule has 0 aromatic carbocycles. The molecule has 0 aliphatic rings. The number of rotatable bonds is 3. The van der Waals surface area contributed by atoms with Crippen molar-refractivity contribution in [1.29, 1.82) is 0 Å². The van der Waals surface area contributed by atoms with Gasteiger partial charge in [-0.3, -0.25) is 0 Å². The number of carboxylic acid groups (broad SMARTS) is 2. The van der Waals surface area contributed by atoms with Crippen LogP contribution in [0.25, 0.3) is 0 Å². The van der Waals surface area contributed by atoms with Crippen molar-refractivity contribution in [3.8, 4) is 0 Å². The summed E-state index contributed by atoms with van der Waals surface area (Å²) in [7, 11) is 0. The number of carboxylic acids is 2. The molecule has 0 fully saturated rings. The monoisotopic (exact) mass is 322 g/mol. The van der Waals surface area contributed by atoms with Gasteiger partial charge in [0.05, 0.1) is 11.9 Å². The summed E-state index contributed by atoms with van der Waals surface area (Å²) in [5.41, 5.74) is 0. The molecular formula is C4H13KNa2O11. The molecule has 0 bridgehead atoms. The van der Waals surface area contributed by atoms with Crippen molar-refractivity contribution in [2.75, 3.05) is 0 Å². The molecule has 14 heteroatoms. The third kappa shape index (κ3) is 26.8. The first-order valence-electron chi connectivity index (χ1n) is 2.24. The van der Waals surface area contributed by atoms with Gasteiger partial charge in [0.1, 0.15) is 12.2 Å². The minimum Gasteiger partial charge on any atom is -0.870 e. The topological polar surface area (TPSA) is 277 Å². The van der Waals surface area contributed by atoms with Gasteiger partial charge in [-0.05, 0) is 0 Å². The minimum atomic E-state index is -2.44. The van der Waals surface area contributed by atoms with E-state index >= 15 is 0 Å². The maximum absolute atomic E-state index is 9.63. The molecule has 2 unspecified atom stereocenters. The molecule has 98 valence electrons. The number of aliphatic carboxylic acids is 2. The molecular weight excluding hydrogens is 309 g/mol. The van der Waals surface area contributed by atoms with Gasteiger partial charge in [0, 0.05) is 0 Å². The molecule has 0 aromatic rings. The van der Waals surface area contributed by atoms with Crippen molar-refractivity contribution in [3.05, 3.63) is 0 Å². The van der Waals surface area contributed by atoms with E-state index in [0.717, 1.165) is 0 Å². The predicted molar refractivity (Wildman–Crippen MR) is 38.4 cm³/mol. The summed E-state index contributed by atoms with van der Waals surface area (Å²) in [5.74, 6) is -4.12. The first kappa shape index (κ1) is 59.2. The van der Waals surface area contributed by atoms with Crippen molar-refractivity contribution >= 4 is 11.9 Å². The minimum absolute atomic E-state index is 0. The van der Waals surface area contributed by atoms with Crippen LogP contribution >= 0.6 is 0 Å². The van der Waals surface area contributed by atoms with E-state index in [1.54, 1.807) is 0 Å². The van der Waals surface area contributed by atoms with E-state index in [1.165, 1.54) is 0 Å². The molecule has 0 rings (SSSR count). The third-order valence-electron chi connectivity index (χ3n) is 0.782. The summed E-state index contributed by atoms with van der Waals surface area (Å²) in [6.45, 7) is 0. The van der Waals surface area contributed by atoms with Gasteiger partial charge < -0.3 is 57.4 Å². The van der Waals surface area contributed by atoms with Crippen LogP contribution in [0.1, 0.15) is 0 Å². The number of aliphatic hydroxyl groups is 2. The molecule has 0 aliphatic carbocycles. The Morgan fingerprint density at radius 2 is 0.889 bits per heavy atom. The quantitative estimate of drug-likeness (QED) is 0.472. The SMILES string of the molecule is O.O.O.O.O=C([O-])C(O)C(O)C(=O)[O-].[K+].[Na+].[Na+].[OH-]. The van der Waals surface area contributed by atoms with Crippen LogP contribution in [-0.4, -0.2) is 61.7 Å². The van der Waals surface area contributed by atoms with Crippen LogP contribution in [0, 0.1) is 0 Å². The van der Waals surface area contributed by atoms with Crippen molar-refractivity contribution < 1.29 is 168 Å². The van der Waals surface area contributed by atoms with Crippen LogP contribution in [0.15, 0.2) is 0 Å². The Kier molecular flexibility index (Phi) is 104. The van der Waals surface area contributed by atoms with Crippen molar-refractivity contribution in [2.45, 2.75) is 12.2 Å². The Balaban J connectivity index is -0.0000000145. The fourth-order valence-corrected chi connectivity index (χ4v) is 0.258.